The largest absolute Gasteiger partial charge is 0.394 e. The van der Waals surface area contributed by atoms with Crippen molar-refractivity contribution in [1.82, 2.24) is 0 Å². The topological polar surface area (TPSA) is 58.6 Å². The van der Waals surface area contributed by atoms with Gasteiger partial charge in [0, 0.05) is 5.69 Å². The molecule has 0 aromatic heterocycles. The second kappa shape index (κ2) is 6.42. The lowest BCUT2D eigenvalue weighted by molar-refractivity contribution is -0.120. The molecule has 0 atom stereocenters. The Balaban J connectivity index is 2.46. The van der Waals surface area contributed by atoms with Crippen molar-refractivity contribution in [2.75, 3.05) is 25.1 Å². The number of aliphatic hydroxyl groups is 1. The summed E-state index contributed by atoms with van der Waals surface area (Å²) >= 11 is 5.53. The summed E-state index contributed by atoms with van der Waals surface area (Å²) in [6, 6.07) is 3.86. The molecule has 0 fully saturated rings. The van der Waals surface area contributed by atoms with Crippen LogP contribution in [-0.2, 0) is 9.53 Å². The lowest BCUT2D eigenvalue weighted by Gasteiger charge is -2.06. The van der Waals surface area contributed by atoms with E-state index in [0.717, 1.165) is 6.07 Å². The van der Waals surface area contributed by atoms with E-state index in [0.29, 0.717) is 5.69 Å². The third kappa shape index (κ3) is 4.14. The van der Waals surface area contributed by atoms with Crippen molar-refractivity contribution in [2.24, 2.45) is 0 Å². The van der Waals surface area contributed by atoms with Crippen LogP contribution in [0, 0.1) is 5.82 Å². The second-order valence-electron chi connectivity index (χ2n) is 2.95. The predicted molar refractivity (Wildman–Crippen MR) is 57.9 cm³/mol. The van der Waals surface area contributed by atoms with Crippen LogP contribution < -0.4 is 5.32 Å². The summed E-state index contributed by atoms with van der Waals surface area (Å²) in [4.78, 5) is 11.2. The van der Waals surface area contributed by atoms with Crippen LogP contribution in [0.1, 0.15) is 0 Å². The fourth-order valence-electron chi connectivity index (χ4n) is 1.00. The van der Waals surface area contributed by atoms with Gasteiger partial charge >= 0.3 is 0 Å². The van der Waals surface area contributed by atoms with E-state index in [9.17, 15) is 9.18 Å². The summed E-state index contributed by atoms with van der Waals surface area (Å²) in [6.07, 6.45) is 0. The molecule has 0 bridgehead atoms. The molecule has 4 nitrogen and oxygen atoms in total. The molecule has 1 aromatic rings. The van der Waals surface area contributed by atoms with Crippen molar-refractivity contribution >= 4 is 23.2 Å². The van der Waals surface area contributed by atoms with E-state index < -0.39 is 11.7 Å². The van der Waals surface area contributed by atoms with Gasteiger partial charge in [-0.15, -0.1) is 0 Å². The fraction of sp³-hybridized carbons (Fsp3) is 0.300. The number of halogens is 2. The van der Waals surface area contributed by atoms with Crippen LogP contribution in [0.2, 0.25) is 5.02 Å². The Labute approximate surface area is 97.0 Å². The molecule has 2 N–H and O–H groups in total. The third-order valence-corrected chi connectivity index (χ3v) is 1.96. The number of benzene rings is 1. The van der Waals surface area contributed by atoms with Gasteiger partial charge in [-0.05, 0) is 18.2 Å². The first-order valence-electron chi connectivity index (χ1n) is 4.57. The maximum absolute atomic E-state index is 12.8. The van der Waals surface area contributed by atoms with Gasteiger partial charge in [-0.2, -0.15) is 0 Å². The molecular formula is C10H11ClFNO3. The first-order chi connectivity index (χ1) is 7.63. The Morgan fingerprint density at radius 3 is 2.94 bits per heavy atom. The average molecular weight is 248 g/mol. The number of aliphatic hydroxyl groups excluding tert-OH is 1. The number of ether oxygens (including phenoxy) is 1. The van der Waals surface area contributed by atoms with E-state index in [1.54, 1.807) is 0 Å². The Morgan fingerprint density at radius 2 is 2.31 bits per heavy atom. The molecule has 0 radical (unpaired) electrons. The standard InChI is InChI=1S/C10H11ClFNO3/c11-8-5-7(1-2-9(8)12)13-10(15)6-16-4-3-14/h1-2,5,14H,3-4,6H2,(H,13,15). The Kier molecular flexibility index (Phi) is 5.18. The van der Waals surface area contributed by atoms with Gasteiger partial charge in [-0.3, -0.25) is 4.79 Å². The molecule has 0 saturated carbocycles. The summed E-state index contributed by atoms with van der Waals surface area (Å²) in [7, 11) is 0. The second-order valence-corrected chi connectivity index (χ2v) is 3.36. The summed E-state index contributed by atoms with van der Waals surface area (Å²) in [5.74, 6) is -0.938. The molecule has 6 heteroatoms. The average Bonchev–Trinajstić information content (AvgIpc) is 2.24. The van der Waals surface area contributed by atoms with E-state index in [1.807, 2.05) is 0 Å². The van der Waals surface area contributed by atoms with Crippen molar-refractivity contribution in [1.29, 1.82) is 0 Å². The van der Waals surface area contributed by atoms with Crippen LogP contribution in [0.25, 0.3) is 0 Å². The molecule has 1 aromatic carbocycles. The van der Waals surface area contributed by atoms with Gasteiger partial charge in [0.1, 0.15) is 12.4 Å². The number of carbonyl (C=O) groups is 1. The predicted octanol–water partition coefficient (Wildman–Crippen LogP) is 1.43. The normalized spacial score (nSPS) is 10.2. The SMILES string of the molecule is O=C(COCCO)Nc1ccc(F)c(Cl)c1. The minimum absolute atomic E-state index is 0.0610. The van der Waals surface area contributed by atoms with E-state index in [2.05, 4.69) is 5.32 Å². The minimum atomic E-state index is -0.545. The first-order valence-corrected chi connectivity index (χ1v) is 4.95. The van der Waals surface area contributed by atoms with Crippen LogP contribution in [-0.4, -0.2) is 30.8 Å². The van der Waals surface area contributed by atoms with Crippen molar-refractivity contribution in [3.05, 3.63) is 29.0 Å². The summed E-state index contributed by atoms with van der Waals surface area (Å²) in [6.45, 7) is -0.219. The minimum Gasteiger partial charge on any atom is -0.394 e. The number of hydrogen-bond donors (Lipinski definition) is 2. The van der Waals surface area contributed by atoms with Crippen LogP contribution >= 0.6 is 11.6 Å². The highest BCUT2D eigenvalue weighted by atomic mass is 35.5. The number of anilines is 1. The van der Waals surface area contributed by atoms with Crippen molar-refractivity contribution < 1.29 is 19.0 Å². The highest BCUT2D eigenvalue weighted by Crippen LogP contribution is 2.19. The fourth-order valence-corrected chi connectivity index (χ4v) is 1.18. The Hall–Kier alpha value is -1.17. The van der Waals surface area contributed by atoms with Crippen LogP contribution in [0.3, 0.4) is 0 Å². The maximum atomic E-state index is 12.8. The number of hydrogen-bond acceptors (Lipinski definition) is 3. The van der Waals surface area contributed by atoms with E-state index in [4.69, 9.17) is 21.4 Å². The number of amides is 1. The van der Waals surface area contributed by atoms with Crippen molar-refractivity contribution in [2.45, 2.75) is 0 Å². The Morgan fingerprint density at radius 1 is 1.56 bits per heavy atom. The molecule has 1 amide bonds. The molecule has 88 valence electrons. The van der Waals surface area contributed by atoms with Gasteiger partial charge in [0.05, 0.1) is 18.2 Å². The lowest BCUT2D eigenvalue weighted by atomic mass is 10.3. The molecule has 0 spiro atoms. The molecular weight excluding hydrogens is 237 g/mol. The Bertz CT molecular complexity index is 373. The molecule has 0 aliphatic heterocycles. The van der Waals surface area contributed by atoms with Crippen LogP contribution in [0.5, 0.6) is 0 Å². The molecule has 1 rings (SSSR count). The summed E-state index contributed by atoms with van der Waals surface area (Å²) in [5.41, 5.74) is 0.393. The van der Waals surface area contributed by atoms with Gasteiger partial charge < -0.3 is 15.2 Å². The van der Waals surface area contributed by atoms with Gasteiger partial charge in [-0.1, -0.05) is 11.6 Å². The highest BCUT2D eigenvalue weighted by Gasteiger charge is 2.05. The van der Waals surface area contributed by atoms with Crippen LogP contribution in [0.4, 0.5) is 10.1 Å². The number of carbonyl (C=O) groups excluding carboxylic acids is 1. The molecule has 0 unspecified atom stereocenters. The molecule has 0 aliphatic carbocycles. The molecule has 0 heterocycles. The quantitative estimate of drug-likeness (QED) is 0.774. The zero-order valence-electron chi connectivity index (χ0n) is 8.37. The van der Waals surface area contributed by atoms with Gasteiger partial charge in [0.25, 0.3) is 0 Å². The zero-order valence-corrected chi connectivity index (χ0v) is 9.13. The van der Waals surface area contributed by atoms with Gasteiger partial charge in [-0.25, -0.2) is 4.39 Å². The summed E-state index contributed by atoms with van der Waals surface area (Å²) in [5, 5.41) is 10.8. The van der Waals surface area contributed by atoms with Crippen molar-refractivity contribution in [3.8, 4) is 0 Å². The van der Waals surface area contributed by atoms with Crippen LogP contribution in [0.15, 0.2) is 18.2 Å². The maximum Gasteiger partial charge on any atom is 0.250 e. The third-order valence-electron chi connectivity index (χ3n) is 1.67. The lowest BCUT2D eigenvalue weighted by Crippen LogP contribution is -2.19. The summed E-state index contributed by atoms with van der Waals surface area (Å²) < 4.78 is 17.6. The zero-order chi connectivity index (χ0) is 12.0. The van der Waals surface area contributed by atoms with Gasteiger partial charge in [0.15, 0.2) is 0 Å². The molecule has 0 aliphatic rings. The molecule has 16 heavy (non-hydrogen) atoms. The number of nitrogens with one attached hydrogen (secondary N) is 1. The molecule has 0 saturated heterocycles. The van der Waals surface area contributed by atoms with E-state index in [-0.39, 0.29) is 24.8 Å². The van der Waals surface area contributed by atoms with E-state index in [1.165, 1.54) is 12.1 Å². The first kappa shape index (κ1) is 12.9. The van der Waals surface area contributed by atoms with E-state index >= 15 is 0 Å². The van der Waals surface area contributed by atoms with Crippen molar-refractivity contribution in [3.63, 3.8) is 0 Å². The smallest absolute Gasteiger partial charge is 0.250 e. The van der Waals surface area contributed by atoms with Gasteiger partial charge in [0.2, 0.25) is 5.91 Å². The number of rotatable bonds is 5. The highest BCUT2D eigenvalue weighted by molar-refractivity contribution is 6.31. The monoisotopic (exact) mass is 247 g/mol.